The van der Waals surface area contributed by atoms with Crippen LogP contribution in [-0.2, 0) is 19.6 Å². The molecule has 1 aromatic rings. The van der Waals surface area contributed by atoms with E-state index in [-0.39, 0.29) is 11.5 Å². The van der Waals surface area contributed by atoms with Gasteiger partial charge in [0.05, 0.1) is 11.5 Å². The van der Waals surface area contributed by atoms with E-state index in [1.54, 1.807) is 19.1 Å². The summed E-state index contributed by atoms with van der Waals surface area (Å²) in [5, 5.41) is 11.2. The van der Waals surface area contributed by atoms with Crippen molar-refractivity contribution in [1.82, 2.24) is 10.0 Å². The van der Waals surface area contributed by atoms with Gasteiger partial charge in [-0.05, 0) is 53.8 Å². The first-order chi connectivity index (χ1) is 10.3. The van der Waals surface area contributed by atoms with Crippen LogP contribution < -0.4 is 10.0 Å². The lowest BCUT2D eigenvalue weighted by Gasteiger charge is -2.15. The van der Waals surface area contributed by atoms with Crippen LogP contribution in [0.3, 0.4) is 0 Å². The summed E-state index contributed by atoms with van der Waals surface area (Å²) in [6, 6.07) is 4.39. The van der Waals surface area contributed by atoms with Crippen molar-refractivity contribution >= 4 is 44.7 Å². The number of ether oxygens (including phenoxy) is 1. The van der Waals surface area contributed by atoms with E-state index >= 15 is 0 Å². The maximum absolute atomic E-state index is 12.1. The fraction of sp³-hybridized carbons (Fsp3) is 0.333. The normalized spacial score (nSPS) is 12.5. The zero-order valence-corrected chi connectivity index (χ0v) is 14.5. The first-order valence-electron chi connectivity index (χ1n) is 6.17. The molecule has 0 aliphatic heterocycles. The molecule has 0 aromatic heterocycles. The van der Waals surface area contributed by atoms with E-state index in [9.17, 15) is 18.0 Å². The van der Waals surface area contributed by atoms with Crippen LogP contribution in [0.2, 0.25) is 0 Å². The highest BCUT2D eigenvalue weighted by atomic mass is 127. The van der Waals surface area contributed by atoms with Crippen LogP contribution in [0.4, 0.5) is 4.79 Å². The molecule has 122 valence electrons. The molecule has 0 aliphatic rings. The van der Waals surface area contributed by atoms with Crippen molar-refractivity contribution in [3.8, 4) is 0 Å². The maximum Gasteiger partial charge on any atom is 0.407 e. The molecule has 1 aromatic carbocycles. The molecule has 1 rings (SSSR count). The number of carboxylic acids is 1. The Kier molecular flexibility index (Phi) is 7.03. The van der Waals surface area contributed by atoms with Gasteiger partial charge in [-0.1, -0.05) is 0 Å². The average Bonchev–Trinajstić information content (AvgIpc) is 2.44. The fourth-order valence-electron chi connectivity index (χ4n) is 1.42. The minimum atomic E-state index is -4.01. The van der Waals surface area contributed by atoms with Crippen molar-refractivity contribution < 1.29 is 27.9 Å². The average molecular weight is 442 g/mol. The first-order valence-corrected chi connectivity index (χ1v) is 8.73. The SMILES string of the molecule is CCOC(=O)NC[C@H](NS(=O)(=O)c1ccc(I)cc1)C(=O)O. The third-order valence-corrected chi connectivity index (χ3v) is 4.65. The predicted molar refractivity (Wildman–Crippen MR) is 85.9 cm³/mol. The molecule has 0 heterocycles. The second-order valence-electron chi connectivity index (χ2n) is 4.07. The Balaban J connectivity index is 2.79. The number of alkyl carbamates (subject to hydrolysis) is 1. The molecule has 1 amide bonds. The molecule has 0 radical (unpaired) electrons. The van der Waals surface area contributed by atoms with Gasteiger partial charge in [-0.2, -0.15) is 4.72 Å². The summed E-state index contributed by atoms with van der Waals surface area (Å²) in [4.78, 5) is 22.2. The lowest BCUT2D eigenvalue weighted by molar-refractivity contribution is -0.138. The van der Waals surface area contributed by atoms with Gasteiger partial charge < -0.3 is 15.2 Å². The number of benzene rings is 1. The minimum Gasteiger partial charge on any atom is -0.480 e. The Labute approximate surface area is 141 Å². The highest BCUT2D eigenvalue weighted by Crippen LogP contribution is 2.12. The third kappa shape index (κ3) is 5.77. The number of nitrogens with one attached hydrogen (secondary N) is 2. The number of amides is 1. The Bertz CT molecular complexity index is 632. The summed E-state index contributed by atoms with van der Waals surface area (Å²) in [5.41, 5.74) is 0. The van der Waals surface area contributed by atoms with E-state index in [1.807, 2.05) is 27.3 Å². The standard InChI is InChI=1S/C12H15IN2O6S/c1-2-21-12(18)14-7-10(11(16)17)15-22(19,20)9-5-3-8(13)4-6-9/h3-6,10,15H,2,7H2,1H3,(H,14,18)(H,16,17)/t10-/m0/s1. The van der Waals surface area contributed by atoms with E-state index in [0.29, 0.717) is 0 Å². The van der Waals surface area contributed by atoms with Gasteiger partial charge in [-0.3, -0.25) is 4.79 Å². The van der Waals surface area contributed by atoms with Crippen LogP contribution in [0.1, 0.15) is 6.92 Å². The van der Waals surface area contributed by atoms with Gasteiger partial charge in [0, 0.05) is 10.1 Å². The summed E-state index contributed by atoms with van der Waals surface area (Å²) in [7, 11) is -4.01. The van der Waals surface area contributed by atoms with Crippen LogP contribution in [-0.4, -0.2) is 44.8 Å². The Morgan fingerprint density at radius 2 is 1.91 bits per heavy atom. The number of carbonyl (C=O) groups excluding carboxylic acids is 1. The van der Waals surface area contributed by atoms with Crippen molar-refractivity contribution in [2.24, 2.45) is 0 Å². The summed E-state index contributed by atoms with van der Waals surface area (Å²) in [6.07, 6.45) is -0.817. The van der Waals surface area contributed by atoms with E-state index in [2.05, 4.69) is 10.1 Å². The van der Waals surface area contributed by atoms with E-state index in [0.717, 1.165) is 3.57 Å². The second-order valence-corrected chi connectivity index (χ2v) is 7.03. The van der Waals surface area contributed by atoms with Crippen LogP contribution >= 0.6 is 22.6 Å². The van der Waals surface area contributed by atoms with E-state index < -0.39 is 34.7 Å². The Morgan fingerprint density at radius 1 is 1.32 bits per heavy atom. The minimum absolute atomic E-state index is 0.0599. The zero-order valence-electron chi connectivity index (χ0n) is 11.6. The number of aliphatic carboxylic acids is 1. The quantitative estimate of drug-likeness (QED) is 0.537. The number of carbonyl (C=O) groups is 2. The largest absolute Gasteiger partial charge is 0.480 e. The molecule has 0 spiro atoms. The fourth-order valence-corrected chi connectivity index (χ4v) is 2.96. The second kappa shape index (κ2) is 8.29. The van der Waals surface area contributed by atoms with Gasteiger partial charge in [0.2, 0.25) is 10.0 Å². The number of hydrogen-bond donors (Lipinski definition) is 3. The van der Waals surface area contributed by atoms with Crippen molar-refractivity contribution in [3.05, 3.63) is 27.8 Å². The zero-order chi connectivity index (χ0) is 16.8. The third-order valence-electron chi connectivity index (χ3n) is 2.45. The van der Waals surface area contributed by atoms with Crippen molar-refractivity contribution in [2.45, 2.75) is 17.9 Å². The van der Waals surface area contributed by atoms with E-state index in [1.165, 1.54) is 12.1 Å². The van der Waals surface area contributed by atoms with Crippen LogP contribution in [0, 0.1) is 3.57 Å². The lowest BCUT2D eigenvalue weighted by Crippen LogP contribution is -2.48. The molecule has 3 N–H and O–H groups in total. The van der Waals surface area contributed by atoms with Gasteiger partial charge in [0.1, 0.15) is 6.04 Å². The van der Waals surface area contributed by atoms with Crippen molar-refractivity contribution in [1.29, 1.82) is 0 Å². The molecule has 22 heavy (non-hydrogen) atoms. The smallest absolute Gasteiger partial charge is 0.407 e. The Morgan fingerprint density at radius 3 is 2.41 bits per heavy atom. The summed E-state index contributed by atoms with van der Waals surface area (Å²) >= 11 is 2.02. The summed E-state index contributed by atoms with van der Waals surface area (Å²) in [5.74, 6) is -1.41. The highest BCUT2D eigenvalue weighted by molar-refractivity contribution is 14.1. The molecule has 0 saturated carbocycles. The number of rotatable bonds is 7. The van der Waals surface area contributed by atoms with Gasteiger partial charge in [-0.25, -0.2) is 13.2 Å². The van der Waals surface area contributed by atoms with Gasteiger partial charge >= 0.3 is 12.1 Å². The number of halogens is 1. The molecular formula is C12H15IN2O6S. The molecule has 0 bridgehead atoms. The molecule has 0 unspecified atom stereocenters. The van der Waals surface area contributed by atoms with Gasteiger partial charge in [0.25, 0.3) is 0 Å². The molecule has 0 fully saturated rings. The van der Waals surface area contributed by atoms with Crippen LogP contribution in [0.25, 0.3) is 0 Å². The van der Waals surface area contributed by atoms with E-state index in [4.69, 9.17) is 5.11 Å². The first kappa shape index (κ1) is 18.6. The van der Waals surface area contributed by atoms with Gasteiger partial charge in [-0.15, -0.1) is 0 Å². The summed E-state index contributed by atoms with van der Waals surface area (Å²) in [6.45, 7) is 1.28. The lowest BCUT2D eigenvalue weighted by atomic mass is 10.3. The molecule has 0 aliphatic carbocycles. The summed E-state index contributed by atoms with van der Waals surface area (Å²) < 4.78 is 31.7. The van der Waals surface area contributed by atoms with Crippen LogP contribution in [0.5, 0.6) is 0 Å². The molecular weight excluding hydrogens is 427 g/mol. The molecule has 8 nitrogen and oxygen atoms in total. The van der Waals surface area contributed by atoms with Crippen molar-refractivity contribution in [2.75, 3.05) is 13.2 Å². The molecule has 0 saturated heterocycles. The highest BCUT2D eigenvalue weighted by Gasteiger charge is 2.26. The monoisotopic (exact) mass is 442 g/mol. The maximum atomic E-state index is 12.1. The topological polar surface area (TPSA) is 122 Å². The number of hydrogen-bond acceptors (Lipinski definition) is 5. The molecule has 1 atom stereocenters. The van der Waals surface area contributed by atoms with Gasteiger partial charge in [0.15, 0.2) is 0 Å². The predicted octanol–water partition coefficient (Wildman–Crippen LogP) is 0.769. The van der Waals surface area contributed by atoms with Crippen molar-refractivity contribution in [3.63, 3.8) is 0 Å². The van der Waals surface area contributed by atoms with Crippen LogP contribution in [0.15, 0.2) is 29.2 Å². The molecule has 10 heteroatoms. The number of carboxylic acid groups (broad SMARTS) is 1. The number of sulfonamides is 1. The Hall–Kier alpha value is -1.40.